The van der Waals surface area contributed by atoms with Gasteiger partial charge >= 0.3 is 11.9 Å². The summed E-state index contributed by atoms with van der Waals surface area (Å²) in [6.07, 6.45) is 7.03. The van der Waals surface area contributed by atoms with Crippen LogP contribution in [0, 0.1) is 0 Å². The van der Waals surface area contributed by atoms with Crippen molar-refractivity contribution in [3.63, 3.8) is 0 Å². The smallest absolute Gasteiger partial charge is 0.359 e. The van der Waals surface area contributed by atoms with Crippen molar-refractivity contribution in [2.24, 2.45) is 0 Å². The molecule has 22 heavy (non-hydrogen) atoms. The molecular weight excluding hydrogens is 290 g/mol. The summed E-state index contributed by atoms with van der Waals surface area (Å²) in [4.78, 5) is 32.8. The monoisotopic (exact) mass is 317 g/mol. The molecule has 0 amide bonds. The molecule has 0 radical (unpaired) electrons. The van der Waals surface area contributed by atoms with E-state index < -0.39 is 42.0 Å². The van der Waals surface area contributed by atoms with E-state index in [2.05, 4.69) is 6.92 Å². The lowest BCUT2D eigenvalue weighted by atomic mass is 10.1. The molecule has 0 aromatic heterocycles. The van der Waals surface area contributed by atoms with E-state index in [4.69, 9.17) is 10.2 Å². The van der Waals surface area contributed by atoms with Gasteiger partial charge in [0, 0.05) is 0 Å². The summed E-state index contributed by atoms with van der Waals surface area (Å²) >= 11 is 0. The predicted octanol–water partition coefficient (Wildman–Crippen LogP) is 0.473. The minimum absolute atomic E-state index is 0.223. The van der Waals surface area contributed by atoms with Gasteiger partial charge < -0.3 is 24.6 Å². The highest BCUT2D eigenvalue weighted by Gasteiger charge is 2.33. The highest BCUT2D eigenvalue weighted by molar-refractivity contribution is 5.72. The Kier molecular flexibility index (Phi) is 10.2. The Balaban J connectivity index is 4.51. The number of nitrogens with zero attached hydrogens (tertiary/aromatic N) is 1. The Labute approximate surface area is 131 Å². The van der Waals surface area contributed by atoms with Gasteiger partial charge in [-0.2, -0.15) is 0 Å². The van der Waals surface area contributed by atoms with E-state index >= 15 is 0 Å². The van der Waals surface area contributed by atoms with Gasteiger partial charge in [0.05, 0.1) is 12.5 Å². The fourth-order valence-electron chi connectivity index (χ4n) is 2.66. The number of rotatable bonds is 14. The molecule has 0 aliphatic heterocycles. The van der Waals surface area contributed by atoms with Crippen molar-refractivity contribution in [1.82, 2.24) is 0 Å². The maximum Gasteiger partial charge on any atom is 0.359 e. The molecular formula is C15H27NO6. The number of carbonyl (C=O) groups is 3. The maximum absolute atomic E-state index is 11.0. The van der Waals surface area contributed by atoms with Crippen molar-refractivity contribution in [2.75, 3.05) is 26.2 Å². The number of aliphatic carboxylic acids is 3. The van der Waals surface area contributed by atoms with Crippen molar-refractivity contribution in [3.8, 4) is 0 Å². The van der Waals surface area contributed by atoms with E-state index in [1.807, 2.05) is 0 Å². The molecule has 0 atom stereocenters. The van der Waals surface area contributed by atoms with Crippen LogP contribution in [-0.4, -0.2) is 58.8 Å². The van der Waals surface area contributed by atoms with Crippen LogP contribution in [0.25, 0.3) is 0 Å². The fourth-order valence-corrected chi connectivity index (χ4v) is 2.66. The zero-order valence-corrected chi connectivity index (χ0v) is 13.3. The molecule has 0 aliphatic carbocycles. The summed E-state index contributed by atoms with van der Waals surface area (Å²) in [5.41, 5.74) is 0. The van der Waals surface area contributed by atoms with Crippen LogP contribution in [0.15, 0.2) is 0 Å². The average Bonchev–Trinajstić information content (AvgIpc) is 2.35. The van der Waals surface area contributed by atoms with Gasteiger partial charge in [0.2, 0.25) is 0 Å². The minimum atomic E-state index is -1.43. The van der Waals surface area contributed by atoms with Crippen LogP contribution >= 0.6 is 0 Å². The topological polar surface area (TPSA) is 115 Å². The maximum atomic E-state index is 11.0. The normalized spacial score (nSPS) is 11.3. The highest BCUT2D eigenvalue weighted by Crippen LogP contribution is 2.13. The summed E-state index contributed by atoms with van der Waals surface area (Å²) in [6, 6.07) is 0. The first-order valence-corrected chi connectivity index (χ1v) is 7.80. The number of carbonyl (C=O) groups excluding carboxylic acids is 1. The second-order valence-corrected chi connectivity index (χ2v) is 5.82. The van der Waals surface area contributed by atoms with Crippen LogP contribution in [0.3, 0.4) is 0 Å². The lowest BCUT2D eigenvalue weighted by molar-refractivity contribution is -0.909. The molecule has 128 valence electrons. The van der Waals surface area contributed by atoms with Crippen molar-refractivity contribution in [2.45, 2.75) is 51.9 Å². The predicted molar refractivity (Wildman–Crippen MR) is 78.0 cm³/mol. The summed E-state index contributed by atoms with van der Waals surface area (Å²) in [5, 5.41) is 28.8. The fraction of sp³-hybridized carbons (Fsp3) is 0.800. The van der Waals surface area contributed by atoms with Gasteiger partial charge in [0.1, 0.15) is 6.54 Å². The van der Waals surface area contributed by atoms with Crippen LogP contribution in [-0.2, 0) is 14.4 Å². The molecule has 0 aliphatic rings. The van der Waals surface area contributed by atoms with E-state index in [-0.39, 0.29) is 6.54 Å². The lowest BCUT2D eigenvalue weighted by Crippen LogP contribution is -2.59. The number of hydrogen-bond acceptors (Lipinski definition) is 4. The Bertz CT molecular complexity index is 328. The number of quaternary nitrogens is 1. The first-order valence-electron chi connectivity index (χ1n) is 7.80. The van der Waals surface area contributed by atoms with Crippen molar-refractivity contribution in [3.05, 3.63) is 0 Å². The Morgan fingerprint density at radius 3 is 1.68 bits per heavy atom. The first-order chi connectivity index (χ1) is 10.3. The Morgan fingerprint density at radius 2 is 1.27 bits per heavy atom. The Hall–Kier alpha value is -1.63. The molecule has 0 aromatic carbocycles. The molecule has 0 saturated heterocycles. The zero-order valence-electron chi connectivity index (χ0n) is 13.3. The Morgan fingerprint density at radius 1 is 0.818 bits per heavy atom. The quantitative estimate of drug-likeness (QED) is 0.355. The molecule has 0 rings (SSSR count). The van der Waals surface area contributed by atoms with Crippen LogP contribution in [0.5, 0.6) is 0 Å². The molecule has 0 bridgehead atoms. The van der Waals surface area contributed by atoms with Crippen molar-refractivity contribution >= 4 is 17.9 Å². The summed E-state index contributed by atoms with van der Waals surface area (Å²) in [5.74, 6) is -3.83. The molecule has 0 spiro atoms. The van der Waals surface area contributed by atoms with E-state index in [9.17, 15) is 19.5 Å². The van der Waals surface area contributed by atoms with Gasteiger partial charge in [-0.3, -0.25) is 0 Å². The summed E-state index contributed by atoms with van der Waals surface area (Å²) in [6.45, 7) is 0.727. The van der Waals surface area contributed by atoms with Crippen LogP contribution < -0.4 is 5.11 Å². The third-order valence-electron chi connectivity index (χ3n) is 3.64. The number of unbranched alkanes of at least 4 members (excludes halogenated alkanes) is 6. The molecule has 0 fully saturated rings. The molecule has 2 N–H and O–H groups in total. The first kappa shape index (κ1) is 20.4. The molecule has 0 unspecified atom stereocenters. The average molecular weight is 317 g/mol. The lowest BCUT2D eigenvalue weighted by Gasteiger charge is -2.36. The van der Waals surface area contributed by atoms with Gasteiger partial charge in [-0.1, -0.05) is 39.0 Å². The molecule has 7 nitrogen and oxygen atoms in total. The van der Waals surface area contributed by atoms with Crippen molar-refractivity contribution in [1.29, 1.82) is 0 Å². The van der Waals surface area contributed by atoms with Gasteiger partial charge in [-0.15, -0.1) is 0 Å². The number of hydrogen-bond donors (Lipinski definition) is 2. The minimum Gasteiger partial charge on any atom is -0.544 e. The summed E-state index contributed by atoms with van der Waals surface area (Å²) in [7, 11) is 0. The third kappa shape index (κ3) is 10.1. The van der Waals surface area contributed by atoms with Gasteiger partial charge in [-0.25, -0.2) is 9.59 Å². The second-order valence-electron chi connectivity index (χ2n) is 5.82. The van der Waals surface area contributed by atoms with E-state index in [1.54, 1.807) is 0 Å². The van der Waals surface area contributed by atoms with E-state index in [0.717, 1.165) is 32.1 Å². The summed E-state index contributed by atoms with van der Waals surface area (Å²) < 4.78 is -0.498. The van der Waals surface area contributed by atoms with Crippen LogP contribution in [0.1, 0.15) is 51.9 Å². The standard InChI is InChI=1S/C15H27NO6/c1-2-3-4-5-6-7-8-9-16(10-13(17)18,11-14(19)20)12-15(21)22/h2-12H2,1H3,(H2-,17,18,19,20,21,22). The zero-order chi connectivity index (χ0) is 17.0. The molecule has 0 heterocycles. The van der Waals surface area contributed by atoms with E-state index in [0.29, 0.717) is 6.42 Å². The molecule has 0 aromatic rings. The SMILES string of the molecule is CCCCCCCCC[N+](CC(=O)[O-])(CC(=O)O)CC(=O)O. The number of carboxylic acid groups (broad SMARTS) is 3. The van der Waals surface area contributed by atoms with Crippen LogP contribution in [0.2, 0.25) is 0 Å². The molecule has 7 heteroatoms. The van der Waals surface area contributed by atoms with Gasteiger partial charge in [0.15, 0.2) is 13.1 Å². The highest BCUT2D eigenvalue weighted by atomic mass is 16.4. The van der Waals surface area contributed by atoms with Gasteiger partial charge in [-0.05, 0) is 12.8 Å². The number of carboxylic acids is 3. The second kappa shape index (κ2) is 11.0. The molecule has 0 saturated carbocycles. The van der Waals surface area contributed by atoms with Gasteiger partial charge in [0.25, 0.3) is 0 Å². The third-order valence-corrected chi connectivity index (χ3v) is 3.64. The van der Waals surface area contributed by atoms with Crippen molar-refractivity contribution < 1.29 is 34.2 Å². The van der Waals surface area contributed by atoms with Crippen LogP contribution in [0.4, 0.5) is 0 Å². The largest absolute Gasteiger partial charge is 0.544 e. The van der Waals surface area contributed by atoms with E-state index in [1.165, 1.54) is 6.42 Å².